The van der Waals surface area contributed by atoms with Gasteiger partial charge in [-0.25, -0.2) is 9.67 Å². The second-order valence-corrected chi connectivity index (χ2v) is 7.89. The summed E-state index contributed by atoms with van der Waals surface area (Å²) in [5.74, 6) is 1.10. The van der Waals surface area contributed by atoms with Crippen LogP contribution in [-0.2, 0) is 27.3 Å². The predicted octanol–water partition coefficient (Wildman–Crippen LogP) is 2.62. The smallest absolute Gasteiger partial charge is 0.314 e. The first-order valence-electron chi connectivity index (χ1n) is 10.2. The lowest BCUT2D eigenvalue weighted by Crippen LogP contribution is -2.52. The first-order valence-corrected chi connectivity index (χ1v) is 10.2. The van der Waals surface area contributed by atoms with Crippen LogP contribution in [0.2, 0.25) is 0 Å². The molecule has 0 radical (unpaired) electrons. The van der Waals surface area contributed by atoms with E-state index in [0.717, 1.165) is 17.5 Å². The van der Waals surface area contributed by atoms with Crippen LogP contribution in [0, 0.1) is 26.2 Å². The third kappa shape index (κ3) is 4.66. The quantitative estimate of drug-likeness (QED) is 0.699. The van der Waals surface area contributed by atoms with Crippen LogP contribution >= 0.6 is 0 Å². The minimum absolute atomic E-state index is 0.0452. The van der Waals surface area contributed by atoms with Crippen LogP contribution < -0.4 is 0 Å². The van der Waals surface area contributed by atoms with E-state index in [1.807, 2.05) is 32.9 Å². The highest BCUT2D eigenvalue weighted by molar-refractivity contribution is 5.81. The van der Waals surface area contributed by atoms with Crippen LogP contribution in [0.25, 0.3) is 0 Å². The van der Waals surface area contributed by atoms with Gasteiger partial charge in [0.25, 0.3) is 0 Å². The summed E-state index contributed by atoms with van der Waals surface area (Å²) in [4.78, 5) is 32.1. The Kier molecular flexibility index (Phi) is 6.35. The Hall–Kier alpha value is -2.70. The van der Waals surface area contributed by atoms with Crippen LogP contribution in [0.4, 0.5) is 0 Å². The zero-order chi connectivity index (χ0) is 21.0. The molecule has 0 saturated carbocycles. The fraction of sp³-hybridized carbons (Fsp3) is 0.545. The van der Waals surface area contributed by atoms with Gasteiger partial charge in [-0.3, -0.25) is 9.59 Å². The monoisotopic (exact) mass is 398 g/mol. The number of piperidine rings is 1. The number of likely N-dealkylation sites (tertiary alicyclic amines) is 1. The highest BCUT2D eigenvalue weighted by Gasteiger charge is 2.45. The first-order chi connectivity index (χ1) is 13.8. The third-order valence-electron chi connectivity index (χ3n) is 5.68. The van der Waals surface area contributed by atoms with Crippen molar-refractivity contribution in [2.75, 3.05) is 19.7 Å². The van der Waals surface area contributed by atoms with Crippen molar-refractivity contribution in [2.24, 2.45) is 5.41 Å². The third-order valence-corrected chi connectivity index (χ3v) is 5.68. The number of hydrogen-bond donors (Lipinski definition) is 0. The number of carbonyl (C=O) groups is 2. The van der Waals surface area contributed by atoms with Crippen molar-refractivity contribution in [3.8, 4) is 0 Å². The van der Waals surface area contributed by atoms with Crippen LogP contribution in [0.3, 0.4) is 0 Å². The number of amides is 1. The molecule has 0 bridgehead atoms. The van der Waals surface area contributed by atoms with E-state index in [9.17, 15) is 9.59 Å². The molecule has 7 heteroatoms. The predicted molar refractivity (Wildman–Crippen MR) is 109 cm³/mol. The molecule has 1 aliphatic heterocycles. The summed E-state index contributed by atoms with van der Waals surface area (Å²) < 4.78 is 7.09. The highest BCUT2D eigenvalue weighted by atomic mass is 16.5. The Morgan fingerprint density at radius 1 is 1.21 bits per heavy atom. The van der Waals surface area contributed by atoms with Crippen LogP contribution in [0.1, 0.15) is 42.5 Å². The topological polar surface area (TPSA) is 77.3 Å². The molecule has 156 valence electrons. The number of benzene rings is 1. The van der Waals surface area contributed by atoms with Crippen LogP contribution in [0.5, 0.6) is 0 Å². The Morgan fingerprint density at radius 2 is 1.97 bits per heavy atom. The summed E-state index contributed by atoms with van der Waals surface area (Å²) in [6, 6.07) is 8.09. The molecule has 0 N–H and O–H groups in total. The van der Waals surface area contributed by atoms with Crippen LogP contribution in [0.15, 0.2) is 24.3 Å². The zero-order valence-corrected chi connectivity index (χ0v) is 17.8. The average molecular weight is 399 g/mol. The van der Waals surface area contributed by atoms with Crippen molar-refractivity contribution < 1.29 is 14.3 Å². The van der Waals surface area contributed by atoms with Gasteiger partial charge in [0, 0.05) is 13.1 Å². The van der Waals surface area contributed by atoms with E-state index in [-0.39, 0.29) is 18.4 Å². The van der Waals surface area contributed by atoms with Gasteiger partial charge in [0.15, 0.2) is 0 Å². The lowest BCUT2D eigenvalue weighted by atomic mass is 9.74. The minimum Gasteiger partial charge on any atom is -0.466 e. The van der Waals surface area contributed by atoms with Crippen molar-refractivity contribution in [1.82, 2.24) is 19.7 Å². The second kappa shape index (κ2) is 8.76. The lowest BCUT2D eigenvalue weighted by Gasteiger charge is -2.41. The number of aryl methyl sites for hydroxylation is 3. The maximum absolute atomic E-state index is 13.0. The Balaban J connectivity index is 1.83. The van der Waals surface area contributed by atoms with Crippen molar-refractivity contribution in [1.29, 1.82) is 0 Å². The molecule has 1 amide bonds. The number of aromatic nitrogens is 3. The summed E-state index contributed by atoms with van der Waals surface area (Å²) in [6.07, 6.45) is 2.06. The highest BCUT2D eigenvalue weighted by Crippen LogP contribution is 2.36. The summed E-state index contributed by atoms with van der Waals surface area (Å²) in [5, 5.41) is 4.29. The Morgan fingerprint density at radius 3 is 2.62 bits per heavy atom. The summed E-state index contributed by atoms with van der Waals surface area (Å²) in [5.41, 5.74) is 1.55. The number of rotatable bonds is 6. The maximum Gasteiger partial charge on any atom is 0.314 e. The normalized spacial score (nSPS) is 19.2. The zero-order valence-electron chi connectivity index (χ0n) is 17.8. The fourth-order valence-corrected chi connectivity index (χ4v) is 4.12. The van der Waals surface area contributed by atoms with Gasteiger partial charge in [0.1, 0.15) is 18.2 Å². The molecule has 3 rings (SSSR count). The Bertz CT molecular complexity index is 892. The molecule has 29 heavy (non-hydrogen) atoms. The standard InChI is InChI=1S/C22H30N4O3/c1-5-29-21(28)22(13-19-10-7-6-9-16(19)2)11-8-12-25(15-22)20(27)14-26-18(4)23-17(3)24-26/h6-7,9-10H,5,8,11-15H2,1-4H3/t22-/m0/s1. The van der Waals surface area contributed by atoms with E-state index >= 15 is 0 Å². The van der Waals surface area contributed by atoms with Crippen molar-refractivity contribution in [3.05, 3.63) is 47.0 Å². The molecular formula is C22H30N4O3. The summed E-state index contributed by atoms with van der Waals surface area (Å²) >= 11 is 0. The largest absolute Gasteiger partial charge is 0.466 e. The van der Waals surface area contributed by atoms with Gasteiger partial charge in [0.05, 0.1) is 12.0 Å². The minimum atomic E-state index is -0.719. The van der Waals surface area contributed by atoms with Gasteiger partial charge in [-0.15, -0.1) is 0 Å². The van der Waals surface area contributed by atoms with E-state index in [0.29, 0.717) is 44.2 Å². The first kappa shape index (κ1) is 21.0. The molecule has 1 saturated heterocycles. The van der Waals surface area contributed by atoms with E-state index in [1.54, 1.807) is 9.58 Å². The Labute approximate surface area is 172 Å². The van der Waals surface area contributed by atoms with Crippen molar-refractivity contribution >= 4 is 11.9 Å². The molecule has 1 atom stereocenters. The molecule has 7 nitrogen and oxygen atoms in total. The number of ether oxygens (including phenoxy) is 1. The fourth-order valence-electron chi connectivity index (χ4n) is 4.12. The maximum atomic E-state index is 13.0. The molecule has 0 aliphatic carbocycles. The van der Waals surface area contributed by atoms with Gasteiger partial charge >= 0.3 is 5.97 Å². The molecule has 2 heterocycles. The van der Waals surface area contributed by atoms with Crippen LogP contribution in [-0.4, -0.2) is 51.2 Å². The number of esters is 1. The van der Waals surface area contributed by atoms with E-state index in [1.165, 1.54) is 0 Å². The molecule has 1 aliphatic rings. The number of nitrogens with zero attached hydrogens (tertiary/aromatic N) is 4. The molecular weight excluding hydrogens is 368 g/mol. The van der Waals surface area contributed by atoms with Crippen molar-refractivity contribution in [3.63, 3.8) is 0 Å². The SMILES string of the molecule is CCOC(=O)[C@]1(Cc2ccccc2C)CCCN(C(=O)Cn2nc(C)nc2C)C1. The molecule has 1 fully saturated rings. The molecule has 0 unspecified atom stereocenters. The molecule has 0 spiro atoms. The van der Waals surface area contributed by atoms with Gasteiger partial charge in [-0.2, -0.15) is 5.10 Å². The molecule has 1 aromatic carbocycles. The van der Waals surface area contributed by atoms with Gasteiger partial charge in [0.2, 0.25) is 5.91 Å². The van der Waals surface area contributed by atoms with E-state index < -0.39 is 5.41 Å². The van der Waals surface area contributed by atoms with Gasteiger partial charge < -0.3 is 9.64 Å². The van der Waals surface area contributed by atoms with Gasteiger partial charge in [-0.1, -0.05) is 24.3 Å². The summed E-state index contributed by atoms with van der Waals surface area (Å²) in [6.45, 7) is 8.99. The summed E-state index contributed by atoms with van der Waals surface area (Å²) in [7, 11) is 0. The van der Waals surface area contributed by atoms with E-state index in [4.69, 9.17) is 4.74 Å². The molecule has 2 aromatic rings. The van der Waals surface area contributed by atoms with E-state index in [2.05, 4.69) is 29.1 Å². The van der Waals surface area contributed by atoms with Crippen molar-refractivity contribution in [2.45, 2.75) is 53.5 Å². The second-order valence-electron chi connectivity index (χ2n) is 7.89. The lowest BCUT2D eigenvalue weighted by molar-refractivity contribution is -0.161. The number of hydrogen-bond acceptors (Lipinski definition) is 5. The number of carbonyl (C=O) groups excluding carboxylic acids is 2. The average Bonchev–Trinajstić information content (AvgIpc) is 3.01. The molecule has 1 aromatic heterocycles. The van der Waals surface area contributed by atoms with Gasteiger partial charge in [-0.05, 0) is 58.1 Å².